The summed E-state index contributed by atoms with van der Waals surface area (Å²) in [7, 11) is 0. The lowest BCUT2D eigenvalue weighted by Gasteiger charge is -2.08. The van der Waals surface area contributed by atoms with E-state index in [-0.39, 0.29) is 0 Å². The molecule has 2 fully saturated rings. The maximum absolute atomic E-state index is 5.57. The van der Waals surface area contributed by atoms with Gasteiger partial charge in [0.05, 0.1) is 12.7 Å². The third kappa shape index (κ3) is 1.42. The zero-order chi connectivity index (χ0) is 7.84. The number of nitrogens with one attached hydrogen (secondary N) is 1. The Labute approximate surface area is 68.3 Å². The van der Waals surface area contributed by atoms with Crippen LogP contribution in [0.5, 0.6) is 0 Å². The van der Waals surface area contributed by atoms with Crippen LogP contribution in [-0.2, 0) is 4.74 Å². The predicted octanol–water partition coefficient (Wildman–Crippen LogP) is 0.877. The lowest BCUT2D eigenvalue weighted by atomic mass is 10.3. The number of rotatable bonds is 3. The van der Waals surface area contributed by atoms with Crippen LogP contribution in [-0.4, -0.2) is 25.8 Å². The van der Waals surface area contributed by atoms with E-state index < -0.39 is 0 Å². The summed E-state index contributed by atoms with van der Waals surface area (Å²) in [5.74, 6) is 2.79. The van der Waals surface area contributed by atoms with Crippen LogP contribution in [0.4, 0.5) is 0 Å². The summed E-state index contributed by atoms with van der Waals surface area (Å²) in [5, 5.41) is 3.38. The minimum Gasteiger partial charge on any atom is -0.378 e. The molecule has 0 radical (unpaired) electrons. The third-order valence-corrected chi connectivity index (χ3v) is 2.89. The first-order valence-corrected chi connectivity index (χ1v) is 4.61. The van der Waals surface area contributed by atoms with Crippen molar-refractivity contribution in [3.8, 4) is 0 Å². The van der Waals surface area contributed by atoms with Crippen LogP contribution in [0.15, 0.2) is 0 Å². The summed E-state index contributed by atoms with van der Waals surface area (Å²) in [6.07, 6.45) is 0.407. The van der Waals surface area contributed by atoms with E-state index in [1.54, 1.807) is 0 Å². The molecule has 0 unspecified atom stereocenters. The van der Waals surface area contributed by atoms with Crippen molar-refractivity contribution in [2.75, 3.05) is 19.7 Å². The Balaban J connectivity index is 1.67. The highest BCUT2D eigenvalue weighted by Gasteiger charge is 2.52. The standard InChI is InChI=1S/C9H17NO/c1-6(2)11-5-9-7-3-10-4-8(7)9/h6-10H,3-5H2,1-2H3/t7-,8+,9+. The number of fused-ring (bicyclic) bond motifs is 1. The average molecular weight is 155 g/mol. The quantitative estimate of drug-likeness (QED) is 0.653. The highest BCUT2D eigenvalue weighted by atomic mass is 16.5. The molecule has 0 aromatic rings. The summed E-state index contributed by atoms with van der Waals surface area (Å²) >= 11 is 0. The molecular formula is C9H17NO. The van der Waals surface area contributed by atoms with Crippen LogP contribution in [0.2, 0.25) is 0 Å². The minimum absolute atomic E-state index is 0.407. The van der Waals surface area contributed by atoms with Gasteiger partial charge >= 0.3 is 0 Å². The molecule has 2 heteroatoms. The van der Waals surface area contributed by atoms with Gasteiger partial charge in [0.25, 0.3) is 0 Å². The molecule has 1 saturated heterocycles. The molecule has 1 heterocycles. The van der Waals surface area contributed by atoms with E-state index in [9.17, 15) is 0 Å². The van der Waals surface area contributed by atoms with Gasteiger partial charge < -0.3 is 10.1 Å². The second-order valence-electron chi connectivity index (χ2n) is 4.03. The smallest absolute Gasteiger partial charge is 0.0519 e. The van der Waals surface area contributed by atoms with Crippen molar-refractivity contribution in [1.29, 1.82) is 0 Å². The first-order valence-electron chi connectivity index (χ1n) is 4.61. The summed E-state index contributed by atoms with van der Waals surface area (Å²) in [6.45, 7) is 7.68. The fourth-order valence-corrected chi connectivity index (χ4v) is 2.10. The minimum atomic E-state index is 0.407. The summed E-state index contributed by atoms with van der Waals surface area (Å²) in [4.78, 5) is 0. The second-order valence-corrected chi connectivity index (χ2v) is 4.03. The Kier molecular flexibility index (Phi) is 1.90. The van der Waals surface area contributed by atoms with Crippen LogP contribution in [0.3, 0.4) is 0 Å². The Morgan fingerprint density at radius 2 is 2.00 bits per heavy atom. The Morgan fingerprint density at radius 3 is 2.55 bits per heavy atom. The van der Waals surface area contributed by atoms with E-state index in [1.807, 2.05) is 0 Å². The highest BCUT2D eigenvalue weighted by Crippen LogP contribution is 2.48. The van der Waals surface area contributed by atoms with Crippen molar-refractivity contribution in [1.82, 2.24) is 5.32 Å². The first-order chi connectivity index (χ1) is 5.29. The third-order valence-electron chi connectivity index (χ3n) is 2.89. The molecule has 1 saturated carbocycles. The van der Waals surface area contributed by atoms with Crippen LogP contribution in [0, 0.1) is 17.8 Å². The average Bonchev–Trinajstić information content (AvgIpc) is 2.44. The van der Waals surface area contributed by atoms with E-state index in [1.165, 1.54) is 13.1 Å². The molecule has 0 spiro atoms. The van der Waals surface area contributed by atoms with Gasteiger partial charge in [-0.1, -0.05) is 0 Å². The van der Waals surface area contributed by atoms with Gasteiger partial charge in [-0.2, -0.15) is 0 Å². The number of hydrogen-bond donors (Lipinski definition) is 1. The molecule has 1 aliphatic carbocycles. The molecule has 1 aliphatic heterocycles. The molecule has 2 nitrogen and oxygen atoms in total. The Bertz CT molecular complexity index is 136. The Hall–Kier alpha value is -0.0800. The zero-order valence-corrected chi connectivity index (χ0v) is 7.34. The van der Waals surface area contributed by atoms with Crippen LogP contribution >= 0.6 is 0 Å². The fraction of sp³-hybridized carbons (Fsp3) is 1.00. The number of hydrogen-bond acceptors (Lipinski definition) is 2. The lowest BCUT2D eigenvalue weighted by Crippen LogP contribution is -2.18. The molecule has 2 aliphatic rings. The summed E-state index contributed by atoms with van der Waals surface area (Å²) < 4.78 is 5.57. The van der Waals surface area contributed by atoms with E-state index in [2.05, 4.69) is 19.2 Å². The molecule has 0 aromatic heterocycles. The molecule has 0 aromatic carbocycles. The fourth-order valence-electron chi connectivity index (χ4n) is 2.10. The van der Waals surface area contributed by atoms with E-state index in [0.29, 0.717) is 6.10 Å². The molecule has 2 rings (SSSR count). The van der Waals surface area contributed by atoms with Gasteiger partial charge in [0.1, 0.15) is 0 Å². The van der Waals surface area contributed by atoms with Crippen molar-refractivity contribution in [2.45, 2.75) is 20.0 Å². The number of ether oxygens (including phenoxy) is 1. The molecule has 11 heavy (non-hydrogen) atoms. The van der Waals surface area contributed by atoms with Crippen LogP contribution in [0.1, 0.15) is 13.8 Å². The molecule has 1 N–H and O–H groups in total. The SMILES string of the molecule is CC(C)OC[C@H]1[C@@H]2CNC[C@@H]21. The van der Waals surface area contributed by atoms with E-state index >= 15 is 0 Å². The van der Waals surface area contributed by atoms with E-state index in [4.69, 9.17) is 4.74 Å². The molecule has 0 bridgehead atoms. The van der Waals surface area contributed by atoms with Crippen LogP contribution in [0.25, 0.3) is 0 Å². The molecule has 64 valence electrons. The molecule has 0 amide bonds. The van der Waals surface area contributed by atoms with Gasteiger partial charge in [-0.25, -0.2) is 0 Å². The Morgan fingerprint density at radius 1 is 1.36 bits per heavy atom. The van der Waals surface area contributed by atoms with Gasteiger partial charge in [0.15, 0.2) is 0 Å². The van der Waals surface area contributed by atoms with Gasteiger partial charge in [-0.15, -0.1) is 0 Å². The van der Waals surface area contributed by atoms with Crippen molar-refractivity contribution in [2.24, 2.45) is 17.8 Å². The number of piperidine rings is 1. The topological polar surface area (TPSA) is 21.3 Å². The largest absolute Gasteiger partial charge is 0.378 e. The highest BCUT2D eigenvalue weighted by molar-refractivity contribution is 5.03. The first kappa shape index (κ1) is 7.56. The van der Waals surface area contributed by atoms with Gasteiger partial charge in [-0.3, -0.25) is 0 Å². The van der Waals surface area contributed by atoms with E-state index in [0.717, 1.165) is 24.4 Å². The molecular weight excluding hydrogens is 138 g/mol. The monoisotopic (exact) mass is 155 g/mol. The molecule has 3 atom stereocenters. The zero-order valence-electron chi connectivity index (χ0n) is 7.34. The normalized spacial score (nSPS) is 41.2. The van der Waals surface area contributed by atoms with Crippen molar-refractivity contribution < 1.29 is 4.74 Å². The van der Waals surface area contributed by atoms with Gasteiger partial charge in [-0.05, 0) is 44.7 Å². The maximum atomic E-state index is 5.57. The second kappa shape index (κ2) is 2.76. The van der Waals surface area contributed by atoms with Crippen molar-refractivity contribution >= 4 is 0 Å². The summed E-state index contributed by atoms with van der Waals surface area (Å²) in [5.41, 5.74) is 0. The summed E-state index contributed by atoms with van der Waals surface area (Å²) in [6, 6.07) is 0. The van der Waals surface area contributed by atoms with Crippen molar-refractivity contribution in [3.63, 3.8) is 0 Å². The maximum Gasteiger partial charge on any atom is 0.0519 e. The lowest BCUT2D eigenvalue weighted by molar-refractivity contribution is 0.0647. The predicted molar refractivity (Wildman–Crippen MR) is 44.4 cm³/mol. The van der Waals surface area contributed by atoms with Gasteiger partial charge in [0.2, 0.25) is 0 Å². The van der Waals surface area contributed by atoms with Gasteiger partial charge in [0, 0.05) is 0 Å². The van der Waals surface area contributed by atoms with Crippen molar-refractivity contribution in [3.05, 3.63) is 0 Å². The van der Waals surface area contributed by atoms with Crippen LogP contribution < -0.4 is 5.32 Å².